The van der Waals surface area contributed by atoms with E-state index < -0.39 is 11.9 Å². The third kappa shape index (κ3) is 10.4. The van der Waals surface area contributed by atoms with Gasteiger partial charge in [-0.3, -0.25) is 0 Å². The monoisotopic (exact) mass is 296 g/mol. The minimum absolute atomic E-state index is 0.0277. The highest BCUT2D eigenvalue weighted by atomic mass is 16.4. The standard InChI is InChI=1S/C9H8O4.4CH3N/c1-5-6(8(10)11)3-2-4-7(5)9(12)13;4*1-2/h2-4H,1H3,(H,10,11)(H,12,13);4*2H,1H2. The van der Waals surface area contributed by atoms with E-state index in [-0.39, 0.29) is 16.7 Å². The van der Waals surface area contributed by atoms with Crippen molar-refractivity contribution in [1.29, 1.82) is 21.6 Å². The minimum atomic E-state index is -1.11. The molecule has 1 rings (SSSR count). The maximum absolute atomic E-state index is 10.6. The van der Waals surface area contributed by atoms with Gasteiger partial charge in [0.2, 0.25) is 0 Å². The van der Waals surface area contributed by atoms with Crippen LogP contribution in [0.15, 0.2) is 18.2 Å². The van der Waals surface area contributed by atoms with Crippen molar-refractivity contribution >= 4 is 38.8 Å². The lowest BCUT2D eigenvalue weighted by Crippen LogP contribution is -2.06. The molecule has 0 aromatic heterocycles. The summed E-state index contributed by atoms with van der Waals surface area (Å²) in [6, 6.07) is 4.17. The number of benzene rings is 1. The number of hydrogen-bond donors (Lipinski definition) is 6. The van der Waals surface area contributed by atoms with Crippen LogP contribution in [0, 0.1) is 28.6 Å². The van der Waals surface area contributed by atoms with Gasteiger partial charge in [0.25, 0.3) is 0 Å². The summed E-state index contributed by atoms with van der Waals surface area (Å²) >= 11 is 0. The van der Waals surface area contributed by atoms with Gasteiger partial charge >= 0.3 is 11.9 Å². The van der Waals surface area contributed by atoms with E-state index in [1.54, 1.807) is 0 Å². The third-order valence-electron chi connectivity index (χ3n) is 1.79. The molecule has 0 radical (unpaired) electrons. The Morgan fingerprint density at radius 3 is 1.24 bits per heavy atom. The van der Waals surface area contributed by atoms with Gasteiger partial charge in [-0.1, -0.05) is 6.07 Å². The van der Waals surface area contributed by atoms with Gasteiger partial charge in [-0.25, -0.2) is 9.59 Å². The first-order chi connectivity index (χ1) is 10.0. The maximum Gasteiger partial charge on any atom is 0.335 e. The Morgan fingerprint density at radius 1 is 0.810 bits per heavy atom. The van der Waals surface area contributed by atoms with E-state index in [1.807, 2.05) is 0 Å². The molecule has 0 spiro atoms. The van der Waals surface area contributed by atoms with Gasteiger partial charge in [0.1, 0.15) is 0 Å². The average molecular weight is 296 g/mol. The van der Waals surface area contributed by atoms with Crippen LogP contribution in [0.2, 0.25) is 0 Å². The van der Waals surface area contributed by atoms with Crippen molar-refractivity contribution in [3.05, 3.63) is 34.9 Å². The van der Waals surface area contributed by atoms with Crippen molar-refractivity contribution < 1.29 is 19.8 Å². The van der Waals surface area contributed by atoms with Gasteiger partial charge in [-0.05, 0) is 51.5 Å². The van der Waals surface area contributed by atoms with Crippen molar-refractivity contribution in [2.24, 2.45) is 0 Å². The molecule has 0 atom stereocenters. The van der Waals surface area contributed by atoms with Gasteiger partial charge < -0.3 is 31.9 Å². The molecule has 0 saturated carbocycles. The van der Waals surface area contributed by atoms with E-state index in [0.29, 0.717) is 0 Å². The molecule has 0 amide bonds. The molecule has 0 unspecified atom stereocenters. The highest BCUT2D eigenvalue weighted by molar-refractivity contribution is 5.96. The van der Waals surface area contributed by atoms with Crippen molar-refractivity contribution in [3.8, 4) is 0 Å². The Bertz CT molecular complexity index is 398. The van der Waals surface area contributed by atoms with Crippen LogP contribution in [0.3, 0.4) is 0 Å². The molecule has 21 heavy (non-hydrogen) atoms. The summed E-state index contributed by atoms with van der Waals surface area (Å²) in [6.45, 7) is 11.5. The largest absolute Gasteiger partial charge is 0.478 e. The van der Waals surface area contributed by atoms with Crippen molar-refractivity contribution in [1.82, 2.24) is 0 Å². The van der Waals surface area contributed by atoms with Crippen LogP contribution in [-0.2, 0) is 0 Å². The summed E-state index contributed by atoms with van der Waals surface area (Å²) in [5.74, 6) is -2.22. The first-order valence-electron chi connectivity index (χ1n) is 5.01. The molecule has 0 fully saturated rings. The van der Waals surface area contributed by atoms with Crippen molar-refractivity contribution in [2.75, 3.05) is 0 Å². The average Bonchev–Trinajstić information content (AvgIpc) is 2.54. The molecule has 6 N–H and O–H groups in total. The van der Waals surface area contributed by atoms with Gasteiger partial charge in [0.05, 0.1) is 11.1 Å². The lowest BCUT2D eigenvalue weighted by Gasteiger charge is -2.03. The predicted octanol–water partition coefficient (Wildman–Crippen LogP) is 2.45. The Kier molecular flexibility index (Phi) is 24.1. The van der Waals surface area contributed by atoms with Crippen LogP contribution in [0.5, 0.6) is 0 Å². The quantitative estimate of drug-likeness (QED) is 0.461. The van der Waals surface area contributed by atoms with E-state index in [4.69, 9.17) is 31.9 Å². The Hall–Kier alpha value is -3.16. The Morgan fingerprint density at radius 2 is 1.05 bits per heavy atom. The highest BCUT2D eigenvalue weighted by Gasteiger charge is 2.13. The van der Waals surface area contributed by atoms with Crippen LogP contribution in [-0.4, -0.2) is 49.0 Å². The van der Waals surface area contributed by atoms with E-state index in [2.05, 4.69) is 26.9 Å². The first kappa shape index (κ1) is 26.4. The molecular weight excluding hydrogens is 276 g/mol. The summed E-state index contributed by atoms with van der Waals surface area (Å²) in [5, 5.41) is 39.4. The van der Waals surface area contributed by atoms with Gasteiger partial charge in [0, 0.05) is 0 Å². The first-order valence-corrected chi connectivity index (χ1v) is 5.01. The number of rotatable bonds is 2. The molecule has 8 nitrogen and oxygen atoms in total. The normalized spacial score (nSPS) is 6.71. The number of hydrogen-bond acceptors (Lipinski definition) is 6. The topological polar surface area (TPSA) is 170 Å². The van der Waals surface area contributed by atoms with E-state index in [0.717, 1.165) is 0 Å². The molecule has 116 valence electrons. The summed E-state index contributed by atoms with van der Waals surface area (Å²) in [5.41, 5.74) is 0.335. The Labute approximate surface area is 123 Å². The fraction of sp³-hybridized carbons (Fsp3) is 0.0769. The van der Waals surface area contributed by atoms with Crippen LogP contribution < -0.4 is 0 Å². The molecule has 0 aliphatic rings. The van der Waals surface area contributed by atoms with Crippen LogP contribution >= 0.6 is 0 Å². The molecular formula is C13H20N4O4. The van der Waals surface area contributed by atoms with Crippen molar-refractivity contribution in [3.63, 3.8) is 0 Å². The molecule has 8 heteroatoms. The number of carboxylic acid groups (broad SMARTS) is 2. The second kappa shape index (κ2) is 19.2. The van der Waals surface area contributed by atoms with Crippen LogP contribution in [0.4, 0.5) is 0 Å². The third-order valence-corrected chi connectivity index (χ3v) is 1.79. The van der Waals surface area contributed by atoms with Gasteiger partial charge in [0.15, 0.2) is 0 Å². The molecule has 0 aliphatic heterocycles. The summed E-state index contributed by atoms with van der Waals surface area (Å²) in [4.78, 5) is 21.2. The zero-order valence-corrected chi connectivity index (χ0v) is 11.8. The predicted molar refractivity (Wildman–Crippen MR) is 84.5 cm³/mol. The summed E-state index contributed by atoms with van der Waals surface area (Å²) < 4.78 is 0. The van der Waals surface area contributed by atoms with Crippen molar-refractivity contribution in [2.45, 2.75) is 6.92 Å². The number of carboxylic acids is 2. The minimum Gasteiger partial charge on any atom is -0.478 e. The lowest BCUT2D eigenvalue weighted by molar-refractivity contribution is 0.0696. The molecule has 0 heterocycles. The van der Waals surface area contributed by atoms with Crippen LogP contribution in [0.1, 0.15) is 26.3 Å². The molecule has 1 aromatic carbocycles. The second-order valence-electron chi connectivity index (χ2n) is 2.59. The summed E-state index contributed by atoms with van der Waals surface area (Å²) in [7, 11) is 0. The molecule has 0 saturated heterocycles. The Balaban J connectivity index is -0.000000156. The van der Waals surface area contributed by atoms with Gasteiger partial charge in [-0.2, -0.15) is 0 Å². The lowest BCUT2D eigenvalue weighted by atomic mass is 10.0. The van der Waals surface area contributed by atoms with Gasteiger partial charge in [-0.15, -0.1) is 0 Å². The SMILES string of the molecule is C=N.C=N.C=N.C=N.Cc1c(C(=O)O)cccc1C(=O)O. The van der Waals surface area contributed by atoms with E-state index >= 15 is 0 Å². The zero-order chi connectivity index (χ0) is 18.0. The second-order valence-corrected chi connectivity index (χ2v) is 2.59. The number of carbonyl (C=O) groups is 2. The molecule has 0 aliphatic carbocycles. The number of nitrogens with one attached hydrogen (secondary N) is 4. The molecule has 0 bridgehead atoms. The fourth-order valence-corrected chi connectivity index (χ4v) is 1.10. The maximum atomic E-state index is 10.6. The van der Waals surface area contributed by atoms with E-state index in [1.165, 1.54) is 25.1 Å². The van der Waals surface area contributed by atoms with E-state index in [9.17, 15) is 9.59 Å². The smallest absolute Gasteiger partial charge is 0.335 e. The highest BCUT2D eigenvalue weighted by Crippen LogP contribution is 2.13. The summed E-state index contributed by atoms with van der Waals surface area (Å²) in [6.07, 6.45) is 0. The molecule has 1 aromatic rings. The number of aromatic carboxylic acids is 2. The van der Waals surface area contributed by atoms with Crippen LogP contribution in [0.25, 0.3) is 0 Å². The fourth-order valence-electron chi connectivity index (χ4n) is 1.10. The zero-order valence-electron chi connectivity index (χ0n) is 11.8.